The van der Waals surface area contributed by atoms with Crippen molar-refractivity contribution in [1.29, 1.82) is 0 Å². The number of nitrogens with zero attached hydrogens (tertiary/aromatic N) is 2. The summed E-state index contributed by atoms with van der Waals surface area (Å²) in [6.45, 7) is 3.99. The van der Waals surface area contributed by atoms with Crippen molar-refractivity contribution in [3.63, 3.8) is 0 Å². The normalized spacial score (nSPS) is 12.9. The van der Waals surface area contributed by atoms with Gasteiger partial charge < -0.3 is 10.3 Å². The monoisotopic (exact) mass is 281 g/mol. The van der Waals surface area contributed by atoms with Crippen molar-refractivity contribution in [2.45, 2.75) is 30.5 Å². The highest BCUT2D eigenvalue weighted by molar-refractivity contribution is 7.98. The molecule has 0 fully saturated rings. The van der Waals surface area contributed by atoms with Crippen LogP contribution in [0.1, 0.15) is 31.6 Å². The molecule has 2 N–H and O–H groups in total. The first-order valence-electron chi connectivity index (χ1n) is 6.02. The Bertz CT molecular complexity index is 544. The van der Waals surface area contributed by atoms with E-state index in [1.54, 1.807) is 6.07 Å². The standard InChI is InChI=1S/C13H16FN3OS/c1-8(2)12(15)13-16-11(17-18-13)7-19-10-5-3-4-9(14)6-10/h3-6,8,12H,7,15H2,1-2H3/t12-/m1/s1. The summed E-state index contributed by atoms with van der Waals surface area (Å²) in [5.74, 6) is 1.53. The van der Waals surface area contributed by atoms with E-state index >= 15 is 0 Å². The Balaban J connectivity index is 1.97. The van der Waals surface area contributed by atoms with Crippen molar-refractivity contribution in [2.24, 2.45) is 11.7 Å². The van der Waals surface area contributed by atoms with E-state index in [2.05, 4.69) is 10.1 Å². The molecule has 1 heterocycles. The van der Waals surface area contributed by atoms with Gasteiger partial charge in [-0.15, -0.1) is 11.8 Å². The highest BCUT2D eigenvalue weighted by Gasteiger charge is 2.17. The van der Waals surface area contributed by atoms with Gasteiger partial charge in [0, 0.05) is 4.90 Å². The second kappa shape index (κ2) is 6.16. The molecular formula is C13H16FN3OS. The van der Waals surface area contributed by atoms with Crippen LogP contribution in [-0.4, -0.2) is 10.1 Å². The third kappa shape index (κ3) is 3.78. The first-order chi connectivity index (χ1) is 9.06. The molecule has 2 rings (SSSR count). The van der Waals surface area contributed by atoms with E-state index in [0.29, 0.717) is 17.5 Å². The summed E-state index contributed by atoms with van der Waals surface area (Å²) in [4.78, 5) is 5.08. The average molecular weight is 281 g/mol. The number of halogens is 1. The van der Waals surface area contributed by atoms with Gasteiger partial charge in [0.05, 0.1) is 11.8 Å². The Morgan fingerprint density at radius 1 is 1.42 bits per heavy atom. The molecular weight excluding hydrogens is 265 g/mol. The summed E-state index contributed by atoms with van der Waals surface area (Å²) < 4.78 is 18.1. The maximum Gasteiger partial charge on any atom is 0.243 e. The molecule has 102 valence electrons. The van der Waals surface area contributed by atoms with Crippen molar-refractivity contribution < 1.29 is 8.91 Å². The number of benzene rings is 1. The van der Waals surface area contributed by atoms with Crippen LogP contribution in [-0.2, 0) is 5.75 Å². The van der Waals surface area contributed by atoms with E-state index in [4.69, 9.17) is 10.3 Å². The number of rotatable bonds is 5. The highest BCUT2D eigenvalue weighted by Crippen LogP contribution is 2.23. The fraction of sp³-hybridized carbons (Fsp3) is 0.385. The summed E-state index contributed by atoms with van der Waals surface area (Å²) in [6.07, 6.45) is 0. The molecule has 0 bridgehead atoms. The lowest BCUT2D eigenvalue weighted by molar-refractivity contribution is 0.323. The molecule has 6 heteroatoms. The topological polar surface area (TPSA) is 64.9 Å². The Hall–Kier alpha value is -1.40. The predicted octanol–water partition coefficient (Wildman–Crippen LogP) is 3.16. The Labute approximate surface area is 115 Å². The van der Waals surface area contributed by atoms with Gasteiger partial charge in [-0.1, -0.05) is 25.1 Å². The van der Waals surface area contributed by atoms with Gasteiger partial charge >= 0.3 is 0 Å². The van der Waals surface area contributed by atoms with Crippen LogP contribution >= 0.6 is 11.8 Å². The molecule has 0 aliphatic carbocycles. The molecule has 0 saturated carbocycles. The molecule has 1 atom stereocenters. The fourth-order valence-corrected chi connectivity index (χ4v) is 2.24. The van der Waals surface area contributed by atoms with E-state index in [-0.39, 0.29) is 17.8 Å². The van der Waals surface area contributed by atoms with Crippen LogP contribution in [0.2, 0.25) is 0 Å². The quantitative estimate of drug-likeness (QED) is 0.853. The van der Waals surface area contributed by atoms with E-state index in [0.717, 1.165) is 4.90 Å². The molecule has 1 aromatic heterocycles. The second-order valence-electron chi connectivity index (χ2n) is 4.56. The first kappa shape index (κ1) is 14.0. The maximum atomic E-state index is 13.0. The van der Waals surface area contributed by atoms with E-state index in [1.807, 2.05) is 19.9 Å². The lowest BCUT2D eigenvalue weighted by Crippen LogP contribution is -2.17. The number of thioether (sulfide) groups is 1. The van der Waals surface area contributed by atoms with Crippen molar-refractivity contribution in [1.82, 2.24) is 10.1 Å². The van der Waals surface area contributed by atoms with E-state index in [1.165, 1.54) is 23.9 Å². The minimum Gasteiger partial charge on any atom is -0.338 e. The SMILES string of the molecule is CC(C)[C@@H](N)c1nc(CSc2cccc(F)c2)no1. The van der Waals surface area contributed by atoms with E-state index < -0.39 is 0 Å². The zero-order chi connectivity index (χ0) is 13.8. The molecule has 0 aliphatic rings. The second-order valence-corrected chi connectivity index (χ2v) is 5.61. The third-order valence-corrected chi connectivity index (χ3v) is 3.64. The molecule has 2 aromatic rings. The zero-order valence-electron chi connectivity index (χ0n) is 10.8. The predicted molar refractivity (Wildman–Crippen MR) is 72.0 cm³/mol. The highest BCUT2D eigenvalue weighted by atomic mass is 32.2. The smallest absolute Gasteiger partial charge is 0.243 e. The summed E-state index contributed by atoms with van der Waals surface area (Å²) in [5.41, 5.74) is 5.93. The summed E-state index contributed by atoms with van der Waals surface area (Å²) >= 11 is 1.46. The Morgan fingerprint density at radius 3 is 2.89 bits per heavy atom. The Morgan fingerprint density at radius 2 is 2.21 bits per heavy atom. The van der Waals surface area contributed by atoms with Crippen molar-refractivity contribution in [3.8, 4) is 0 Å². The van der Waals surface area contributed by atoms with Crippen LogP contribution in [0.15, 0.2) is 33.7 Å². The van der Waals surface area contributed by atoms with Gasteiger partial charge in [-0.05, 0) is 24.1 Å². The first-order valence-corrected chi connectivity index (χ1v) is 7.01. The van der Waals surface area contributed by atoms with Crippen LogP contribution in [0.25, 0.3) is 0 Å². The van der Waals surface area contributed by atoms with Gasteiger partial charge in [0.25, 0.3) is 0 Å². The van der Waals surface area contributed by atoms with Crippen molar-refractivity contribution >= 4 is 11.8 Å². The largest absolute Gasteiger partial charge is 0.338 e. The van der Waals surface area contributed by atoms with Crippen LogP contribution in [0.5, 0.6) is 0 Å². The Kier molecular flexibility index (Phi) is 4.55. The average Bonchev–Trinajstić information content (AvgIpc) is 2.84. The van der Waals surface area contributed by atoms with Gasteiger partial charge in [0.15, 0.2) is 5.82 Å². The molecule has 0 aliphatic heterocycles. The molecule has 0 unspecified atom stereocenters. The van der Waals surface area contributed by atoms with Gasteiger partial charge in [-0.3, -0.25) is 0 Å². The third-order valence-electron chi connectivity index (χ3n) is 2.65. The van der Waals surface area contributed by atoms with Crippen LogP contribution in [0.3, 0.4) is 0 Å². The molecule has 0 saturated heterocycles. The van der Waals surface area contributed by atoms with Crippen LogP contribution in [0.4, 0.5) is 4.39 Å². The van der Waals surface area contributed by atoms with Crippen LogP contribution < -0.4 is 5.73 Å². The molecule has 4 nitrogen and oxygen atoms in total. The number of nitrogens with two attached hydrogens (primary N) is 1. The molecule has 0 spiro atoms. The van der Waals surface area contributed by atoms with Gasteiger partial charge in [-0.2, -0.15) is 4.98 Å². The maximum absolute atomic E-state index is 13.0. The summed E-state index contributed by atoms with van der Waals surface area (Å²) in [5, 5.41) is 3.88. The van der Waals surface area contributed by atoms with E-state index in [9.17, 15) is 4.39 Å². The van der Waals surface area contributed by atoms with Crippen molar-refractivity contribution in [2.75, 3.05) is 0 Å². The lowest BCUT2D eigenvalue weighted by atomic mass is 10.1. The van der Waals surface area contributed by atoms with Crippen molar-refractivity contribution in [3.05, 3.63) is 41.8 Å². The molecule has 0 amide bonds. The van der Waals surface area contributed by atoms with Gasteiger partial charge in [0.1, 0.15) is 5.82 Å². The fourth-order valence-electron chi connectivity index (χ4n) is 1.45. The molecule has 19 heavy (non-hydrogen) atoms. The van der Waals surface area contributed by atoms with Gasteiger partial charge in [-0.25, -0.2) is 4.39 Å². The molecule has 0 radical (unpaired) electrons. The summed E-state index contributed by atoms with van der Waals surface area (Å²) in [7, 11) is 0. The summed E-state index contributed by atoms with van der Waals surface area (Å²) in [6, 6.07) is 6.16. The lowest BCUT2D eigenvalue weighted by Gasteiger charge is -2.09. The number of hydrogen-bond donors (Lipinski definition) is 1. The number of aromatic nitrogens is 2. The number of hydrogen-bond acceptors (Lipinski definition) is 5. The zero-order valence-corrected chi connectivity index (χ0v) is 11.7. The van der Waals surface area contributed by atoms with Crippen LogP contribution in [0, 0.1) is 11.7 Å². The molecule has 1 aromatic carbocycles. The van der Waals surface area contributed by atoms with Gasteiger partial charge in [0.2, 0.25) is 5.89 Å². The minimum atomic E-state index is -0.250. The minimum absolute atomic E-state index is 0.240.